The maximum atomic E-state index is 10.7. The third kappa shape index (κ3) is 10.6. The largest absolute Gasteiger partial charge is 0.311 e. The molecule has 0 amide bonds. The van der Waals surface area contributed by atoms with Gasteiger partial charge in [0.05, 0.1) is 40.0 Å². The van der Waals surface area contributed by atoms with Gasteiger partial charge in [-0.1, -0.05) is 243 Å². The highest BCUT2D eigenvalue weighted by molar-refractivity contribution is 7.00. The molecule has 482 valence electrons. The molecule has 0 radical (unpaired) electrons. The summed E-state index contributed by atoms with van der Waals surface area (Å²) in [5.74, 6) is 3.10. The van der Waals surface area contributed by atoms with Gasteiger partial charge in [0.25, 0.3) is 6.71 Å². The van der Waals surface area contributed by atoms with Gasteiger partial charge in [0.15, 0.2) is 34.9 Å². The Morgan fingerprint density at radius 2 is 0.615 bits per heavy atom. The van der Waals surface area contributed by atoms with E-state index in [2.05, 4.69) is 208 Å². The molecule has 0 spiro atoms. The average Bonchev–Trinajstić information content (AvgIpc) is 0.765. The summed E-state index contributed by atoms with van der Waals surface area (Å²) in [6, 6.07) is 122. The lowest BCUT2D eigenvalue weighted by molar-refractivity contribution is 1.06. The normalized spacial score (nSPS) is 12.0. The molecule has 0 atom stereocenters. The van der Waals surface area contributed by atoms with Crippen molar-refractivity contribution in [3.8, 4) is 120 Å². The Hall–Kier alpha value is -14.5. The molecule has 0 unspecified atom stereocenters. The molecule has 0 saturated heterocycles. The topological polar surface area (TPSA) is 136 Å². The van der Waals surface area contributed by atoms with Gasteiger partial charge in [-0.25, -0.2) is 29.9 Å². The fourth-order valence-corrected chi connectivity index (χ4v) is 15.0. The highest BCUT2D eigenvalue weighted by Crippen LogP contribution is 2.48. The summed E-state index contributed by atoms with van der Waals surface area (Å²) in [4.78, 5) is 36.3. The Labute approximate surface area is 600 Å². The first kappa shape index (κ1) is 60.7. The van der Waals surface area contributed by atoms with Gasteiger partial charge in [-0.05, 0) is 147 Å². The van der Waals surface area contributed by atoms with E-state index in [0.717, 1.165) is 145 Å². The third-order valence-electron chi connectivity index (χ3n) is 19.9. The van der Waals surface area contributed by atoms with Crippen LogP contribution in [0.2, 0.25) is 0 Å². The van der Waals surface area contributed by atoms with Gasteiger partial charge in [0.2, 0.25) is 0 Å². The zero-order chi connectivity index (χ0) is 69.2. The van der Waals surface area contributed by atoms with Crippen molar-refractivity contribution < 1.29 is 0 Å². The van der Waals surface area contributed by atoms with Gasteiger partial charge in [0.1, 0.15) is 0 Å². The summed E-state index contributed by atoms with van der Waals surface area (Å²) >= 11 is 0. The monoisotopic (exact) mass is 1330 g/mol. The van der Waals surface area contributed by atoms with Crippen LogP contribution >= 0.6 is 0 Å². The van der Waals surface area contributed by atoms with Crippen LogP contribution in [0.1, 0.15) is 11.1 Å². The Morgan fingerprint density at radius 3 is 1.06 bits per heavy atom. The first-order chi connectivity index (χ1) is 51.4. The van der Waals surface area contributed by atoms with E-state index >= 15 is 0 Å². The molecular weight excluding hydrogens is 1270 g/mol. The molecule has 12 heteroatoms. The van der Waals surface area contributed by atoms with Crippen LogP contribution in [0.15, 0.2) is 340 Å². The molecule has 2 aliphatic rings. The van der Waals surface area contributed by atoms with Crippen LogP contribution in [0.3, 0.4) is 0 Å². The van der Waals surface area contributed by atoms with Crippen molar-refractivity contribution in [1.29, 1.82) is 10.5 Å². The Bertz CT molecular complexity index is 6010. The molecule has 0 saturated carbocycles. The van der Waals surface area contributed by atoms with E-state index in [4.69, 9.17) is 29.9 Å². The summed E-state index contributed by atoms with van der Waals surface area (Å²) in [6.45, 7) is -0.279. The van der Waals surface area contributed by atoms with Crippen molar-refractivity contribution in [2.45, 2.75) is 0 Å². The highest BCUT2D eigenvalue weighted by atomic mass is 15.2. The second-order valence-corrected chi connectivity index (χ2v) is 26.0. The second-order valence-electron chi connectivity index (χ2n) is 26.0. The number of hydrogen-bond donors (Lipinski definition) is 0. The number of hydrogen-bond acceptors (Lipinski definition) is 10. The molecule has 0 aliphatic carbocycles. The second kappa shape index (κ2) is 25.4. The maximum Gasteiger partial charge on any atom is 0.252 e. The predicted molar refractivity (Wildman–Crippen MR) is 420 cm³/mol. The molecule has 104 heavy (non-hydrogen) atoms. The highest BCUT2D eigenvalue weighted by Gasteiger charge is 2.44. The summed E-state index contributed by atoms with van der Waals surface area (Å²) in [7, 11) is 0. The zero-order valence-electron chi connectivity index (χ0n) is 55.8. The zero-order valence-corrected chi connectivity index (χ0v) is 55.8. The lowest BCUT2D eigenvalue weighted by Crippen LogP contribution is -2.61. The van der Waals surface area contributed by atoms with Crippen molar-refractivity contribution in [2.75, 3.05) is 9.80 Å². The van der Waals surface area contributed by atoms with E-state index in [0.29, 0.717) is 46.1 Å². The van der Waals surface area contributed by atoms with E-state index in [1.54, 1.807) is 0 Å². The fraction of sp³-hybridized carbons (Fsp3) is 0. The van der Waals surface area contributed by atoms with Crippen LogP contribution in [0.4, 0.5) is 34.1 Å². The summed E-state index contributed by atoms with van der Waals surface area (Å²) < 4.78 is 2.33. The van der Waals surface area contributed by atoms with Crippen molar-refractivity contribution in [1.82, 2.24) is 34.5 Å². The molecular formula is C92H56BN11. The molecule has 19 rings (SSSR count). The molecule has 5 heterocycles. The standard InChI is InChI=1S/C92H56BN11/c94-57-59-35-47-77-82(51-59)102(72-43-37-63(38-44-72)61-21-7-1-8-22-61)84-55-71(56-85-86(84)93(77)78-48-36-60(58-95)52-83(78)103(85)73-45-39-64(40-46-73)62-23-9-2-10-24-62)69-41-49-80-75(53-69)74-33-19-20-34-79(74)104(80)81-50-42-70(91-98-87(65-25-11-3-12-26-65)96-88(99-91)66-27-13-4-14-28-66)54-76(81)92-100-89(67-29-15-5-16-30-67)97-90(101-92)68-31-17-6-18-32-68/h1-56H. The minimum atomic E-state index is -0.279. The molecule has 14 aromatic carbocycles. The summed E-state index contributed by atoms with van der Waals surface area (Å²) in [5, 5.41) is 23.5. The molecule has 0 fully saturated rings. The Balaban J connectivity index is 0.847. The lowest BCUT2D eigenvalue weighted by atomic mass is 9.33. The number of nitriles is 2. The summed E-state index contributed by atoms with van der Waals surface area (Å²) in [6.07, 6.45) is 0. The van der Waals surface area contributed by atoms with Crippen LogP contribution < -0.4 is 26.2 Å². The van der Waals surface area contributed by atoms with Gasteiger partial charge >= 0.3 is 0 Å². The van der Waals surface area contributed by atoms with Crippen LogP contribution in [-0.2, 0) is 0 Å². The van der Waals surface area contributed by atoms with E-state index in [1.807, 2.05) is 158 Å². The number of anilines is 6. The van der Waals surface area contributed by atoms with Crippen molar-refractivity contribution in [3.05, 3.63) is 351 Å². The van der Waals surface area contributed by atoms with Gasteiger partial charge < -0.3 is 14.4 Å². The first-order valence-electron chi connectivity index (χ1n) is 34.6. The maximum absolute atomic E-state index is 10.7. The minimum Gasteiger partial charge on any atom is -0.311 e. The average molecular weight is 1330 g/mol. The van der Waals surface area contributed by atoms with Crippen LogP contribution in [0, 0.1) is 22.7 Å². The quantitative estimate of drug-likeness (QED) is 0.109. The third-order valence-corrected chi connectivity index (χ3v) is 19.9. The fourth-order valence-electron chi connectivity index (χ4n) is 15.0. The number of para-hydroxylation sites is 1. The van der Waals surface area contributed by atoms with Gasteiger partial charge in [-0.15, -0.1) is 0 Å². The van der Waals surface area contributed by atoms with E-state index < -0.39 is 0 Å². The molecule has 0 bridgehead atoms. The number of benzene rings is 14. The predicted octanol–water partition coefficient (Wildman–Crippen LogP) is 20.0. The number of nitrogens with zero attached hydrogens (tertiary/aromatic N) is 11. The van der Waals surface area contributed by atoms with Gasteiger partial charge in [-0.3, -0.25) is 0 Å². The van der Waals surface area contributed by atoms with E-state index in [1.165, 1.54) is 0 Å². The Morgan fingerprint density at radius 1 is 0.250 bits per heavy atom. The van der Waals surface area contributed by atoms with Crippen molar-refractivity contribution >= 4 is 79.0 Å². The SMILES string of the molecule is N#Cc1ccc2c(c1)N(c1ccc(-c3ccccc3)cc1)c1cc(-c3ccc4c(c3)c3ccccc3n4-c3ccc(-c4nc(-c5ccccc5)nc(-c5ccccc5)n4)cc3-c3nc(-c4ccccc4)nc(-c4ccccc4)n3)cc3c1B2c1ccc(C#N)cc1N3c1ccc(-c2ccccc2)cc1. The van der Waals surface area contributed by atoms with Crippen LogP contribution in [-0.4, -0.2) is 41.2 Å². The van der Waals surface area contributed by atoms with Crippen molar-refractivity contribution in [3.63, 3.8) is 0 Å². The van der Waals surface area contributed by atoms with Crippen molar-refractivity contribution in [2.24, 2.45) is 0 Å². The number of fused-ring (bicyclic) bond motifs is 7. The lowest BCUT2D eigenvalue weighted by Gasteiger charge is -2.44. The minimum absolute atomic E-state index is 0.279. The molecule has 3 aromatic heterocycles. The van der Waals surface area contributed by atoms with Crippen LogP contribution in [0.5, 0.6) is 0 Å². The molecule has 17 aromatic rings. The number of rotatable bonds is 12. The van der Waals surface area contributed by atoms with Crippen LogP contribution in [0.25, 0.3) is 129 Å². The van der Waals surface area contributed by atoms with E-state index in [-0.39, 0.29) is 6.71 Å². The molecule has 11 nitrogen and oxygen atoms in total. The van der Waals surface area contributed by atoms with Gasteiger partial charge in [-0.2, -0.15) is 10.5 Å². The summed E-state index contributed by atoms with van der Waals surface area (Å²) in [5.41, 5.74) is 24.0. The molecule has 2 aliphatic heterocycles. The van der Waals surface area contributed by atoms with Gasteiger partial charge in [0, 0.05) is 78.3 Å². The van der Waals surface area contributed by atoms with E-state index in [9.17, 15) is 10.5 Å². The Kier molecular flexibility index (Phi) is 14.8. The molecule has 0 N–H and O–H groups in total. The first-order valence-corrected chi connectivity index (χ1v) is 34.6. The number of aromatic nitrogens is 7. The smallest absolute Gasteiger partial charge is 0.252 e.